The lowest BCUT2D eigenvalue weighted by atomic mass is 9.96. The van der Waals surface area contributed by atoms with E-state index in [1.165, 1.54) is 6.92 Å². The van der Waals surface area contributed by atoms with E-state index in [1.807, 2.05) is 0 Å². The van der Waals surface area contributed by atoms with Gasteiger partial charge in [-0.3, -0.25) is 14.9 Å². The van der Waals surface area contributed by atoms with E-state index in [4.69, 9.17) is 5.26 Å². The highest BCUT2D eigenvalue weighted by atomic mass is 16.2. The van der Waals surface area contributed by atoms with Crippen molar-refractivity contribution in [2.75, 3.05) is 13.1 Å². The molecular formula is C9H13N3O2. The van der Waals surface area contributed by atoms with Gasteiger partial charge in [0.2, 0.25) is 11.8 Å². The Kier molecular flexibility index (Phi) is 3.46. The fourth-order valence-corrected chi connectivity index (χ4v) is 1.61. The third-order valence-corrected chi connectivity index (χ3v) is 2.49. The maximum atomic E-state index is 11.2. The molecule has 0 aromatic carbocycles. The van der Waals surface area contributed by atoms with Crippen LogP contribution in [0.2, 0.25) is 0 Å². The Labute approximate surface area is 82.7 Å². The maximum Gasteiger partial charge on any atom is 0.236 e. The number of hydrogen-bond acceptors (Lipinski definition) is 3. The zero-order valence-electron chi connectivity index (χ0n) is 8.12. The molecule has 1 rings (SSSR count). The molecule has 0 aromatic heterocycles. The highest BCUT2D eigenvalue weighted by Gasteiger charge is 2.25. The van der Waals surface area contributed by atoms with Crippen LogP contribution in [0.15, 0.2) is 0 Å². The highest BCUT2D eigenvalue weighted by molar-refractivity contribution is 5.80. The number of nitrogens with zero attached hydrogens (tertiary/aromatic N) is 2. The number of likely N-dealkylation sites (tertiary alicyclic amines) is 1. The number of hydrogen-bond donors (Lipinski definition) is 1. The van der Waals surface area contributed by atoms with E-state index >= 15 is 0 Å². The monoisotopic (exact) mass is 195 g/mol. The quantitative estimate of drug-likeness (QED) is 0.467. The molecule has 14 heavy (non-hydrogen) atoms. The summed E-state index contributed by atoms with van der Waals surface area (Å²) in [6.45, 7) is 2.74. The van der Waals surface area contributed by atoms with E-state index in [0.717, 1.165) is 0 Å². The first kappa shape index (κ1) is 10.5. The first-order chi connectivity index (χ1) is 6.65. The lowest BCUT2D eigenvalue weighted by molar-refractivity contribution is -0.133. The fraction of sp³-hybridized carbons (Fsp3) is 0.667. The lowest BCUT2D eigenvalue weighted by Crippen LogP contribution is -2.41. The van der Waals surface area contributed by atoms with Gasteiger partial charge in [0, 0.05) is 25.9 Å². The summed E-state index contributed by atoms with van der Waals surface area (Å²) in [5.74, 6) is -0.301. The minimum atomic E-state index is -0.226. The van der Waals surface area contributed by atoms with Gasteiger partial charge in [-0.15, -0.1) is 0 Å². The molecule has 5 nitrogen and oxygen atoms in total. The Morgan fingerprint density at radius 2 is 2.00 bits per heavy atom. The topological polar surface area (TPSA) is 73.2 Å². The molecule has 0 saturated carbocycles. The second-order valence-corrected chi connectivity index (χ2v) is 3.38. The molecule has 76 valence electrons. The Morgan fingerprint density at radius 1 is 1.43 bits per heavy atom. The third kappa shape index (κ3) is 2.46. The molecule has 0 aliphatic carbocycles. The van der Waals surface area contributed by atoms with E-state index in [9.17, 15) is 9.59 Å². The summed E-state index contributed by atoms with van der Waals surface area (Å²) < 4.78 is 0. The minimum Gasteiger partial charge on any atom is -0.343 e. The first-order valence-corrected chi connectivity index (χ1v) is 4.59. The zero-order valence-corrected chi connectivity index (χ0v) is 8.12. The molecule has 1 fully saturated rings. The summed E-state index contributed by atoms with van der Waals surface area (Å²) in [6.07, 6.45) is 2.91. The Bertz CT molecular complexity index is 274. The summed E-state index contributed by atoms with van der Waals surface area (Å²) in [5, 5.41) is 10.4. The van der Waals surface area contributed by atoms with Gasteiger partial charge in [-0.1, -0.05) is 0 Å². The Morgan fingerprint density at radius 3 is 2.43 bits per heavy atom. The van der Waals surface area contributed by atoms with Crippen LogP contribution in [0.5, 0.6) is 0 Å². The van der Waals surface area contributed by atoms with Gasteiger partial charge >= 0.3 is 0 Å². The molecule has 2 amide bonds. The van der Waals surface area contributed by atoms with Crippen molar-refractivity contribution in [1.82, 2.24) is 10.2 Å². The van der Waals surface area contributed by atoms with E-state index < -0.39 is 0 Å². The van der Waals surface area contributed by atoms with Crippen molar-refractivity contribution in [3.63, 3.8) is 0 Å². The lowest BCUT2D eigenvalue weighted by Gasteiger charge is -2.29. The Hall–Kier alpha value is -1.57. The summed E-state index contributed by atoms with van der Waals surface area (Å²) in [6, 6.07) is 0. The molecule has 0 radical (unpaired) electrons. The number of nitrogens with one attached hydrogen (secondary N) is 1. The first-order valence-electron chi connectivity index (χ1n) is 4.59. The second-order valence-electron chi connectivity index (χ2n) is 3.38. The van der Waals surface area contributed by atoms with Crippen LogP contribution in [0, 0.1) is 17.4 Å². The molecule has 1 heterocycles. The van der Waals surface area contributed by atoms with Gasteiger partial charge in [0.1, 0.15) is 0 Å². The zero-order chi connectivity index (χ0) is 10.6. The molecule has 1 saturated heterocycles. The van der Waals surface area contributed by atoms with Crippen molar-refractivity contribution in [3.8, 4) is 6.19 Å². The normalized spacial score (nSPS) is 17.3. The minimum absolute atomic E-state index is 0.0455. The van der Waals surface area contributed by atoms with Gasteiger partial charge in [0.05, 0.1) is 0 Å². The van der Waals surface area contributed by atoms with Crippen molar-refractivity contribution in [2.45, 2.75) is 19.8 Å². The SMILES string of the molecule is CC(=O)N1CCC(C(=O)NC#N)CC1. The van der Waals surface area contributed by atoms with Crippen LogP contribution < -0.4 is 5.32 Å². The number of amides is 2. The van der Waals surface area contributed by atoms with Gasteiger partial charge in [-0.2, -0.15) is 5.26 Å². The Balaban J connectivity index is 2.40. The third-order valence-electron chi connectivity index (χ3n) is 2.49. The van der Waals surface area contributed by atoms with Crippen LogP contribution in [0.4, 0.5) is 0 Å². The van der Waals surface area contributed by atoms with Crippen LogP contribution >= 0.6 is 0 Å². The average molecular weight is 195 g/mol. The summed E-state index contributed by atoms with van der Waals surface area (Å²) >= 11 is 0. The molecular weight excluding hydrogens is 182 g/mol. The van der Waals surface area contributed by atoms with Crippen LogP contribution in [0.25, 0.3) is 0 Å². The average Bonchev–Trinajstić information content (AvgIpc) is 2.18. The number of carbonyl (C=O) groups is 2. The van der Waals surface area contributed by atoms with Crippen molar-refractivity contribution >= 4 is 11.8 Å². The van der Waals surface area contributed by atoms with Gasteiger partial charge in [0.25, 0.3) is 0 Å². The summed E-state index contributed by atoms with van der Waals surface area (Å²) in [4.78, 5) is 23.9. The largest absolute Gasteiger partial charge is 0.343 e. The molecule has 1 aliphatic heterocycles. The number of rotatable bonds is 1. The van der Waals surface area contributed by atoms with Crippen LogP contribution in [0.3, 0.4) is 0 Å². The molecule has 0 atom stereocenters. The van der Waals surface area contributed by atoms with Gasteiger partial charge in [0.15, 0.2) is 6.19 Å². The number of carbonyl (C=O) groups excluding carboxylic acids is 2. The van der Waals surface area contributed by atoms with E-state index in [-0.39, 0.29) is 17.7 Å². The van der Waals surface area contributed by atoms with Gasteiger partial charge in [-0.05, 0) is 12.8 Å². The van der Waals surface area contributed by atoms with Crippen molar-refractivity contribution in [2.24, 2.45) is 5.92 Å². The molecule has 0 unspecified atom stereocenters. The second kappa shape index (κ2) is 4.61. The van der Waals surface area contributed by atoms with Crippen LogP contribution in [0.1, 0.15) is 19.8 Å². The van der Waals surface area contributed by atoms with E-state index in [2.05, 4.69) is 5.32 Å². The highest BCUT2D eigenvalue weighted by Crippen LogP contribution is 2.16. The van der Waals surface area contributed by atoms with E-state index in [1.54, 1.807) is 11.1 Å². The van der Waals surface area contributed by atoms with Crippen molar-refractivity contribution in [3.05, 3.63) is 0 Å². The molecule has 0 bridgehead atoms. The predicted octanol–water partition coefficient (Wildman–Crippen LogP) is -0.158. The molecule has 1 aliphatic rings. The van der Waals surface area contributed by atoms with Crippen molar-refractivity contribution in [1.29, 1.82) is 5.26 Å². The summed E-state index contributed by atoms with van der Waals surface area (Å²) in [5.41, 5.74) is 0. The van der Waals surface area contributed by atoms with Crippen LogP contribution in [-0.2, 0) is 9.59 Å². The standard InChI is InChI=1S/C9H13N3O2/c1-7(13)12-4-2-8(3-5-12)9(14)11-6-10/h8H,2-5H2,1H3,(H,11,14). The molecule has 0 aromatic rings. The van der Waals surface area contributed by atoms with Gasteiger partial charge < -0.3 is 4.90 Å². The molecule has 5 heteroatoms. The smallest absolute Gasteiger partial charge is 0.236 e. The van der Waals surface area contributed by atoms with Gasteiger partial charge in [-0.25, -0.2) is 0 Å². The summed E-state index contributed by atoms with van der Waals surface area (Å²) in [7, 11) is 0. The number of piperidine rings is 1. The molecule has 0 spiro atoms. The predicted molar refractivity (Wildman–Crippen MR) is 48.7 cm³/mol. The fourth-order valence-electron chi connectivity index (χ4n) is 1.61. The number of nitriles is 1. The molecule has 1 N–H and O–H groups in total. The van der Waals surface area contributed by atoms with Crippen molar-refractivity contribution < 1.29 is 9.59 Å². The maximum absolute atomic E-state index is 11.2. The van der Waals surface area contributed by atoms with Crippen LogP contribution in [-0.4, -0.2) is 29.8 Å². The van der Waals surface area contributed by atoms with E-state index in [0.29, 0.717) is 25.9 Å².